The molecule has 0 fully saturated rings. The van der Waals surface area contributed by atoms with Crippen LogP contribution in [-0.2, 0) is 19.3 Å². The second kappa shape index (κ2) is 6.26. The molecule has 0 heterocycles. The van der Waals surface area contributed by atoms with Crippen LogP contribution in [0, 0.1) is 12.7 Å². The van der Waals surface area contributed by atoms with Gasteiger partial charge in [-0.15, -0.1) is 0 Å². The Bertz CT molecular complexity index is 620. The molecule has 1 nitrogen and oxygen atoms in total. The van der Waals surface area contributed by atoms with Crippen LogP contribution in [0.2, 0.25) is 0 Å². The van der Waals surface area contributed by atoms with E-state index in [0.29, 0.717) is 18.7 Å². The predicted octanol–water partition coefficient (Wildman–Crippen LogP) is 4.44. The minimum atomic E-state index is -4.33. The SMILES string of the molecule is Cc1cc(F)ccc1CNCc1cccc(C(F)(F)F)c1. The number of aryl methyl sites for hydroxylation is 1. The minimum absolute atomic E-state index is 0.297. The monoisotopic (exact) mass is 297 g/mol. The molecule has 0 aromatic heterocycles. The van der Waals surface area contributed by atoms with E-state index < -0.39 is 11.7 Å². The highest BCUT2D eigenvalue weighted by Gasteiger charge is 2.30. The van der Waals surface area contributed by atoms with Gasteiger partial charge in [0.05, 0.1) is 5.56 Å². The van der Waals surface area contributed by atoms with Gasteiger partial charge in [-0.2, -0.15) is 13.2 Å². The largest absolute Gasteiger partial charge is 0.416 e. The third kappa shape index (κ3) is 4.29. The molecule has 0 aliphatic heterocycles. The second-order valence-electron chi connectivity index (χ2n) is 4.87. The molecule has 0 atom stereocenters. The highest BCUT2D eigenvalue weighted by atomic mass is 19.4. The van der Waals surface area contributed by atoms with Gasteiger partial charge in [-0.1, -0.05) is 24.3 Å². The van der Waals surface area contributed by atoms with Crippen molar-refractivity contribution in [3.8, 4) is 0 Å². The van der Waals surface area contributed by atoms with Gasteiger partial charge in [-0.3, -0.25) is 0 Å². The summed E-state index contributed by atoms with van der Waals surface area (Å²) in [5, 5.41) is 3.07. The molecule has 0 radical (unpaired) electrons. The Kier molecular flexibility index (Phi) is 4.63. The molecule has 0 unspecified atom stereocenters. The normalized spacial score (nSPS) is 11.7. The molecule has 1 N–H and O–H groups in total. The Balaban J connectivity index is 1.97. The molecule has 5 heteroatoms. The Hall–Kier alpha value is -1.88. The number of hydrogen-bond acceptors (Lipinski definition) is 1. The topological polar surface area (TPSA) is 12.0 Å². The van der Waals surface area contributed by atoms with Gasteiger partial charge in [0.25, 0.3) is 0 Å². The summed E-state index contributed by atoms with van der Waals surface area (Å²) in [6, 6.07) is 9.68. The lowest BCUT2D eigenvalue weighted by atomic mass is 10.1. The van der Waals surface area contributed by atoms with Gasteiger partial charge >= 0.3 is 6.18 Å². The Morgan fingerprint density at radius 2 is 1.76 bits per heavy atom. The predicted molar refractivity (Wildman–Crippen MR) is 73.1 cm³/mol. The van der Waals surface area contributed by atoms with Crippen molar-refractivity contribution in [1.82, 2.24) is 5.32 Å². The number of alkyl halides is 3. The van der Waals surface area contributed by atoms with E-state index >= 15 is 0 Å². The molecule has 0 amide bonds. The third-order valence-electron chi connectivity index (χ3n) is 3.20. The van der Waals surface area contributed by atoms with E-state index in [4.69, 9.17) is 0 Å². The first-order chi connectivity index (χ1) is 9.86. The van der Waals surface area contributed by atoms with Crippen molar-refractivity contribution in [2.24, 2.45) is 0 Å². The fourth-order valence-electron chi connectivity index (χ4n) is 2.06. The van der Waals surface area contributed by atoms with Gasteiger partial charge in [-0.25, -0.2) is 4.39 Å². The van der Waals surface area contributed by atoms with Crippen molar-refractivity contribution in [1.29, 1.82) is 0 Å². The maximum Gasteiger partial charge on any atom is 0.416 e. The van der Waals surface area contributed by atoms with Crippen molar-refractivity contribution in [3.63, 3.8) is 0 Å². The lowest BCUT2D eigenvalue weighted by Gasteiger charge is -2.10. The summed E-state index contributed by atoms with van der Waals surface area (Å²) >= 11 is 0. The Morgan fingerprint density at radius 1 is 1.00 bits per heavy atom. The summed E-state index contributed by atoms with van der Waals surface area (Å²) in [7, 11) is 0. The number of nitrogens with one attached hydrogen (secondary N) is 1. The number of benzene rings is 2. The summed E-state index contributed by atoms with van der Waals surface area (Å²) in [6.45, 7) is 2.59. The van der Waals surface area contributed by atoms with E-state index in [1.807, 2.05) is 0 Å². The van der Waals surface area contributed by atoms with E-state index in [1.54, 1.807) is 19.1 Å². The molecule has 0 aliphatic rings. The standard InChI is InChI=1S/C16H15F4N/c1-11-7-15(17)6-5-13(11)10-21-9-12-3-2-4-14(8-12)16(18,19)20/h2-8,21H,9-10H2,1H3. The molecule has 0 bridgehead atoms. The lowest BCUT2D eigenvalue weighted by molar-refractivity contribution is -0.137. The van der Waals surface area contributed by atoms with Crippen LogP contribution in [0.4, 0.5) is 17.6 Å². The molecule has 2 rings (SSSR count). The van der Waals surface area contributed by atoms with Gasteiger partial charge in [0.15, 0.2) is 0 Å². The highest BCUT2D eigenvalue weighted by Crippen LogP contribution is 2.29. The van der Waals surface area contributed by atoms with E-state index in [2.05, 4.69) is 5.32 Å². The molecule has 0 aliphatic carbocycles. The van der Waals surface area contributed by atoms with Crippen LogP contribution in [-0.4, -0.2) is 0 Å². The van der Waals surface area contributed by atoms with Gasteiger partial charge in [0.2, 0.25) is 0 Å². The number of rotatable bonds is 4. The summed E-state index contributed by atoms with van der Waals surface area (Å²) < 4.78 is 50.7. The van der Waals surface area contributed by atoms with E-state index in [0.717, 1.165) is 23.3 Å². The molecule has 21 heavy (non-hydrogen) atoms. The lowest BCUT2D eigenvalue weighted by Crippen LogP contribution is -2.14. The summed E-state index contributed by atoms with van der Waals surface area (Å²) in [4.78, 5) is 0. The zero-order chi connectivity index (χ0) is 15.5. The fraction of sp³-hybridized carbons (Fsp3) is 0.250. The second-order valence-corrected chi connectivity index (χ2v) is 4.87. The smallest absolute Gasteiger partial charge is 0.309 e. The van der Waals surface area contributed by atoms with Crippen LogP contribution in [0.3, 0.4) is 0 Å². The van der Waals surface area contributed by atoms with Gasteiger partial charge in [0, 0.05) is 13.1 Å². The van der Waals surface area contributed by atoms with Crippen LogP contribution >= 0.6 is 0 Å². The first kappa shape index (κ1) is 15.5. The van der Waals surface area contributed by atoms with Gasteiger partial charge in [-0.05, 0) is 41.8 Å². The van der Waals surface area contributed by atoms with Gasteiger partial charge in [0.1, 0.15) is 5.82 Å². The third-order valence-corrected chi connectivity index (χ3v) is 3.20. The Labute approximate surface area is 120 Å². The van der Waals surface area contributed by atoms with Crippen molar-refractivity contribution in [3.05, 3.63) is 70.5 Å². The maximum absolute atomic E-state index is 13.0. The molecule has 112 valence electrons. The first-order valence-corrected chi connectivity index (χ1v) is 6.48. The highest BCUT2D eigenvalue weighted by molar-refractivity contribution is 5.27. The van der Waals surface area contributed by atoms with E-state index in [1.165, 1.54) is 18.2 Å². The number of halogens is 4. The summed E-state index contributed by atoms with van der Waals surface area (Å²) in [5.41, 5.74) is 1.64. The molecule has 0 saturated carbocycles. The van der Waals surface area contributed by atoms with Crippen LogP contribution in [0.1, 0.15) is 22.3 Å². The van der Waals surface area contributed by atoms with Crippen molar-refractivity contribution >= 4 is 0 Å². The summed E-state index contributed by atoms with van der Waals surface area (Å²) in [5.74, 6) is -0.297. The summed E-state index contributed by atoms with van der Waals surface area (Å²) in [6.07, 6.45) is -4.33. The molecule has 0 saturated heterocycles. The average molecular weight is 297 g/mol. The Morgan fingerprint density at radius 3 is 2.43 bits per heavy atom. The van der Waals surface area contributed by atoms with Crippen LogP contribution in [0.15, 0.2) is 42.5 Å². The fourth-order valence-corrected chi connectivity index (χ4v) is 2.06. The zero-order valence-electron chi connectivity index (χ0n) is 11.5. The molecular weight excluding hydrogens is 282 g/mol. The molecule has 2 aromatic rings. The molecular formula is C16H15F4N. The van der Waals surface area contributed by atoms with Crippen LogP contribution in [0.5, 0.6) is 0 Å². The quantitative estimate of drug-likeness (QED) is 0.823. The van der Waals surface area contributed by atoms with Crippen molar-refractivity contribution in [2.75, 3.05) is 0 Å². The molecule has 2 aromatic carbocycles. The first-order valence-electron chi connectivity index (χ1n) is 6.48. The van der Waals surface area contributed by atoms with Crippen LogP contribution < -0.4 is 5.32 Å². The van der Waals surface area contributed by atoms with E-state index in [-0.39, 0.29) is 5.82 Å². The average Bonchev–Trinajstić information content (AvgIpc) is 2.41. The molecule has 0 spiro atoms. The van der Waals surface area contributed by atoms with Crippen molar-refractivity contribution in [2.45, 2.75) is 26.2 Å². The minimum Gasteiger partial charge on any atom is -0.309 e. The zero-order valence-corrected chi connectivity index (χ0v) is 11.5. The van der Waals surface area contributed by atoms with Crippen LogP contribution in [0.25, 0.3) is 0 Å². The maximum atomic E-state index is 13.0. The van der Waals surface area contributed by atoms with Gasteiger partial charge < -0.3 is 5.32 Å². The van der Waals surface area contributed by atoms with Crippen molar-refractivity contribution < 1.29 is 17.6 Å². The van der Waals surface area contributed by atoms with E-state index in [9.17, 15) is 17.6 Å². The number of hydrogen-bond donors (Lipinski definition) is 1.